The van der Waals surface area contributed by atoms with Gasteiger partial charge in [0, 0.05) is 37.7 Å². The van der Waals surface area contributed by atoms with Crippen LogP contribution in [0.1, 0.15) is 63.8 Å². The van der Waals surface area contributed by atoms with Gasteiger partial charge in [-0.1, -0.05) is 164 Å². The molecule has 9 nitrogen and oxygen atoms in total. The summed E-state index contributed by atoms with van der Waals surface area (Å²) >= 11 is 0. The molecule has 0 bridgehead atoms. The van der Waals surface area contributed by atoms with E-state index in [0.717, 1.165) is 46.5 Å². The number of rotatable bonds is 17. The van der Waals surface area contributed by atoms with E-state index < -0.39 is 28.3 Å². The molecule has 0 saturated carbocycles. The molecule has 3 N–H and O–H groups in total. The largest absolute Gasteiger partial charge is 0.392 e. The number of aliphatic hydroxyl groups is 1. The minimum absolute atomic E-state index is 0.00276. The normalized spacial score (nSPS) is 18.5. The maximum Gasteiger partial charge on any atom is 0.241 e. The van der Waals surface area contributed by atoms with Crippen molar-refractivity contribution in [2.45, 2.75) is 75.9 Å². The molecule has 0 aliphatic carbocycles. The minimum Gasteiger partial charge on any atom is -0.392 e. The Kier molecular flexibility index (Phi) is 14.4. The van der Waals surface area contributed by atoms with E-state index in [0.29, 0.717) is 6.54 Å². The molecule has 60 heavy (non-hydrogen) atoms. The number of amides is 1. The zero-order chi connectivity index (χ0) is 41.9. The Bertz CT molecular complexity index is 2320. The number of aryl methyl sites for hydroxylation is 1. The van der Waals surface area contributed by atoms with Crippen LogP contribution in [0.5, 0.6) is 0 Å². The lowest BCUT2D eigenvalue weighted by Gasteiger charge is -2.43. The van der Waals surface area contributed by atoms with Crippen molar-refractivity contribution in [2.75, 3.05) is 6.54 Å². The van der Waals surface area contributed by atoms with Crippen molar-refractivity contribution in [1.82, 2.24) is 14.9 Å². The quantitative estimate of drug-likeness (QED) is 0.0850. The summed E-state index contributed by atoms with van der Waals surface area (Å²) in [6.07, 6.45) is -0.951. The summed E-state index contributed by atoms with van der Waals surface area (Å²) in [5.41, 5.74) is 7.73. The van der Waals surface area contributed by atoms with Crippen molar-refractivity contribution in [3.63, 3.8) is 0 Å². The van der Waals surface area contributed by atoms with Crippen LogP contribution in [-0.4, -0.2) is 43.0 Å². The van der Waals surface area contributed by atoms with Crippen LogP contribution in [0.2, 0.25) is 0 Å². The molecule has 5 unspecified atom stereocenters. The highest BCUT2D eigenvalue weighted by Gasteiger charge is 2.39. The lowest BCUT2D eigenvalue weighted by molar-refractivity contribution is -0.276. The monoisotopic (exact) mass is 823 g/mol. The van der Waals surface area contributed by atoms with E-state index in [4.69, 9.17) is 9.47 Å². The van der Waals surface area contributed by atoms with Gasteiger partial charge in [-0.2, -0.15) is 4.72 Å². The number of nitrogens with one attached hydrogen (secondary N) is 2. The summed E-state index contributed by atoms with van der Waals surface area (Å²) in [5.74, 6) is -0.433. The van der Waals surface area contributed by atoms with Gasteiger partial charge < -0.3 is 19.9 Å². The van der Waals surface area contributed by atoms with E-state index in [9.17, 15) is 18.3 Å². The van der Waals surface area contributed by atoms with Gasteiger partial charge in [0.1, 0.15) is 6.04 Å². The van der Waals surface area contributed by atoms with Crippen molar-refractivity contribution in [3.8, 4) is 0 Å². The first kappa shape index (κ1) is 42.7. The van der Waals surface area contributed by atoms with Crippen molar-refractivity contribution in [1.29, 1.82) is 0 Å². The second-order valence-corrected chi connectivity index (χ2v) is 17.3. The molecule has 1 saturated heterocycles. The second kappa shape index (κ2) is 20.2. The number of sulfonamides is 1. The second-order valence-electron chi connectivity index (χ2n) is 15.6. The van der Waals surface area contributed by atoms with Gasteiger partial charge in [0.05, 0.1) is 23.7 Å². The number of benzene rings is 6. The van der Waals surface area contributed by atoms with Crippen LogP contribution in [0.4, 0.5) is 0 Å². The summed E-state index contributed by atoms with van der Waals surface area (Å²) in [6, 6.07) is 51.5. The van der Waals surface area contributed by atoms with Crippen LogP contribution in [-0.2, 0) is 57.0 Å². The maximum atomic E-state index is 13.7. The van der Waals surface area contributed by atoms with Crippen LogP contribution in [0.3, 0.4) is 0 Å². The lowest BCUT2D eigenvalue weighted by Crippen LogP contribution is -2.47. The highest BCUT2D eigenvalue weighted by atomic mass is 32.2. The van der Waals surface area contributed by atoms with E-state index in [2.05, 4.69) is 70.4 Å². The van der Waals surface area contributed by atoms with Crippen molar-refractivity contribution < 1.29 is 27.8 Å². The molecule has 0 aromatic heterocycles. The standard InChI is InChI=1S/C50H53N3O6S/c1-36-18-28-45(29-19-36)60(56,57)52-46(30-38-12-6-3-7-13-38)49(55)51-31-39-20-26-44(27-21-39)50-58-47(37(2)48(59-50)43-24-22-42(35-54)23-25-43)34-53(32-40-14-8-4-9-15-40)33-41-16-10-5-11-17-41/h3-29,37,46-48,50,52,54H,30-35H2,1-2H3,(H,51,55). The Morgan fingerprint density at radius 2 is 1.20 bits per heavy atom. The molecule has 1 aliphatic heterocycles. The molecular formula is C50H53N3O6S. The molecule has 1 heterocycles. The fourth-order valence-electron chi connectivity index (χ4n) is 7.57. The van der Waals surface area contributed by atoms with Gasteiger partial charge in [0.2, 0.25) is 15.9 Å². The first-order valence-corrected chi connectivity index (χ1v) is 21.9. The van der Waals surface area contributed by atoms with Gasteiger partial charge >= 0.3 is 0 Å². The number of nitrogens with zero attached hydrogens (tertiary/aromatic N) is 1. The molecule has 0 spiro atoms. The molecule has 1 aliphatic rings. The van der Waals surface area contributed by atoms with Gasteiger partial charge in [0.15, 0.2) is 6.29 Å². The van der Waals surface area contributed by atoms with Crippen molar-refractivity contribution in [3.05, 3.63) is 208 Å². The Balaban J connectivity index is 1.08. The van der Waals surface area contributed by atoms with E-state index in [1.165, 1.54) is 11.1 Å². The van der Waals surface area contributed by atoms with Crippen LogP contribution in [0.15, 0.2) is 169 Å². The molecule has 6 aromatic carbocycles. The number of aliphatic hydroxyl groups excluding tert-OH is 1. The Morgan fingerprint density at radius 3 is 1.77 bits per heavy atom. The molecule has 7 rings (SSSR count). The Labute approximate surface area is 354 Å². The molecule has 1 fully saturated rings. The van der Waals surface area contributed by atoms with E-state index in [1.54, 1.807) is 24.3 Å². The summed E-state index contributed by atoms with van der Waals surface area (Å²) in [6.45, 7) is 6.39. The van der Waals surface area contributed by atoms with Gasteiger partial charge in [-0.25, -0.2) is 8.42 Å². The van der Waals surface area contributed by atoms with Crippen LogP contribution in [0, 0.1) is 12.8 Å². The SMILES string of the molecule is Cc1ccc(S(=O)(=O)NC(Cc2ccccc2)C(=O)NCc2ccc(C3OC(CN(Cc4ccccc4)Cc4ccccc4)C(C)C(c4ccc(CO)cc4)O3)cc2)cc1. The van der Waals surface area contributed by atoms with Crippen LogP contribution in [0.25, 0.3) is 0 Å². The van der Waals surface area contributed by atoms with Gasteiger partial charge in [-0.05, 0) is 58.9 Å². The predicted molar refractivity (Wildman–Crippen MR) is 234 cm³/mol. The summed E-state index contributed by atoms with van der Waals surface area (Å²) < 4.78 is 43.1. The Morgan fingerprint density at radius 1 is 0.667 bits per heavy atom. The van der Waals surface area contributed by atoms with Crippen LogP contribution < -0.4 is 10.0 Å². The molecular weight excluding hydrogens is 771 g/mol. The summed E-state index contributed by atoms with van der Waals surface area (Å²) in [4.78, 5) is 16.2. The fourth-order valence-corrected chi connectivity index (χ4v) is 8.76. The number of hydrogen-bond acceptors (Lipinski definition) is 7. The van der Waals surface area contributed by atoms with Crippen molar-refractivity contribution in [2.24, 2.45) is 5.92 Å². The molecule has 5 atom stereocenters. The topological polar surface area (TPSA) is 117 Å². The van der Waals surface area contributed by atoms with E-state index >= 15 is 0 Å². The third kappa shape index (κ3) is 11.4. The van der Waals surface area contributed by atoms with Gasteiger partial charge in [-0.15, -0.1) is 0 Å². The molecule has 10 heteroatoms. The van der Waals surface area contributed by atoms with E-state index in [-0.39, 0.29) is 42.6 Å². The zero-order valence-corrected chi connectivity index (χ0v) is 34.9. The predicted octanol–water partition coefficient (Wildman–Crippen LogP) is 8.19. The van der Waals surface area contributed by atoms with Crippen LogP contribution >= 0.6 is 0 Å². The number of ether oxygens (including phenoxy) is 2. The third-order valence-corrected chi connectivity index (χ3v) is 12.5. The number of carbonyl (C=O) groups excluding carboxylic acids is 1. The van der Waals surface area contributed by atoms with E-state index in [1.807, 2.05) is 97.9 Å². The molecule has 6 aromatic rings. The Hall–Kier alpha value is -5.46. The molecule has 310 valence electrons. The highest BCUT2D eigenvalue weighted by molar-refractivity contribution is 7.89. The third-order valence-electron chi connectivity index (χ3n) is 11.0. The molecule has 0 radical (unpaired) electrons. The van der Waals surface area contributed by atoms with Crippen molar-refractivity contribution >= 4 is 15.9 Å². The first-order valence-electron chi connectivity index (χ1n) is 20.4. The van der Waals surface area contributed by atoms with Gasteiger partial charge in [-0.3, -0.25) is 9.69 Å². The fraction of sp³-hybridized carbons (Fsp3) is 0.260. The summed E-state index contributed by atoms with van der Waals surface area (Å²) in [5, 5.41) is 12.7. The average Bonchev–Trinajstić information content (AvgIpc) is 3.27. The number of carbonyl (C=O) groups is 1. The first-order chi connectivity index (χ1) is 29.1. The number of hydrogen-bond donors (Lipinski definition) is 3. The smallest absolute Gasteiger partial charge is 0.241 e. The minimum atomic E-state index is -3.97. The lowest BCUT2D eigenvalue weighted by atomic mass is 9.89. The maximum absolute atomic E-state index is 13.7. The molecule has 1 amide bonds. The van der Waals surface area contributed by atoms with Gasteiger partial charge in [0.25, 0.3) is 0 Å². The average molecular weight is 824 g/mol. The summed E-state index contributed by atoms with van der Waals surface area (Å²) in [7, 11) is -3.97. The zero-order valence-electron chi connectivity index (χ0n) is 34.1. The highest BCUT2D eigenvalue weighted by Crippen LogP contribution is 2.42.